The topological polar surface area (TPSA) is 32.8 Å². The van der Waals surface area contributed by atoms with Crippen molar-refractivity contribution in [3.8, 4) is 0 Å². The van der Waals surface area contributed by atoms with Gasteiger partial charge in [0.1, 0.15) is 11.7 Å². The number of hydrogen-bond acceptors (Lipinski definition) is 2. The molecule has 3 rings (SSSR count). The second-order valence-corrected chi connectivity index (χ2v) is 4.58. The standard InChI is InChI=1S/C14H14O2/c1-14(9-15)13(16-14)12-7-6-10-4-2-3-5-11(10)8-12/h2-8,13,15H,9H2,1H3/t13-,14-/m0/s1. The zero-order valence-corrected chi connectivity index (χ0v) is 9.18. The predicted molar refractivity (Wildman–Crippen MR) is 63.3 cm³/mol. The van der Waals surface area contributed by atoms with Gasteiger partial charge in [-0.1, -0.05) is 36.4 Å². The lowest BCUT2D eigenvalue weighted by Crippen LogP contribution is -2.11. The van der Waals surface area contributed by atoms with Crippen molar-refractivity contribution in [2.45, 2.75) is 18.6 Å². The fourth-order valence-electron chi connectivity index (χ4n) is 2.15. The smallest absolute Gasteiger partial charge is 0.120 e. The Morgan fingerprint density at radius 3 is 2.62 bits per heavy atom. The van der Waals surface area contributed by atoms with Gasteiger partial charge in [-0.3, -0.25) is 0 Å². The quantitative estimate of drug-likeness (QED) is 0.779. The van der Waals surface area contributed by atoms with E-state index < -0.39 is 0 Å². The second-order valence-electron chi connectivity index (χ2n) is 4.58. The maximum absolute atomic E-state index is 9.19. The molecule has 0 aromatic heterocycles. The molecule has 16 heavy (non-hydrogen) atoms. The lowest BCUT2D eigenvalue weighted by atomic mass is 9.99. The zero-order valence-electron chi connectivity index (χ0n) is 9.18. The van der Waals surface area contributed by atoms with Crippen LogP contribution >= 0.6 is 0 Å². The molecule has 2 nitrogen and oxygen atoms in total. The minimum atomic E-state index is -0.373. The average molecular weight is 214 g/mol. The van der Waals surface area contributed by atoms with E-state index in [1.165, 1.54) is 10.8 Å². The summed E-state index contributed by atoms with van der Waals surface area (Å²) in [5.41, 5.74) is 0.776. The van der Waals surface area contributed by atoms with E-state index in [1.54, 1.807) is 0 Å². The number of hydrogen-bond donors (Lipinski definition) is 1. The summed E-state index contributed by atoms with van der Waals surface area (Å²) in [5, 5.41) is 11.6. The average Bonchev–Trinajstić information content (AvgIpc) is 3.02. The lowest BCUT2D eigenvalue weighted by Gasteiger charge is -2.03. The van der Waals surface area contributed by atoms with Crippen LogP contribution in [0.25, 0.3) is 10.8 Å². The van der Waals surface area contributed by atoms with Gasteiger partial charge in [-0.25, -0.2) is 0 Å². The van der Waals surface area contributed by atoms with Crippen molar-refractivity contribution in [2.24, 2.45) is 0 Å². The molecule has 0 spiro atoms. The molecule has 2 aromatic carbocycles. The SMILES string of the molecule is C[C@@]1(CO)O[C@H]1c1ccc2ccccc2c1. The summed E-state index contributed by atoms with van der Waals surface area (Å²) in [4.78, 5) is 0. The summed E-state index contributed by atoms with van der Waals surface area (Å²) in [6, 6.07) is 14.6. The van der Waals surface area contributed by atoms with E-state index in [1.807, 2.05) is 19.1 Å². The first-order valence-corrected chi connectivity index (χ1v) is 5.50. The molecule has 0 saturated carbocycles. The maximum atomic E-state index is 9.19. The molecular formula is C14H14O2. The molecule has 2 atom stereocenters. The first-order valence-electron chi connectivity index (χ1n) is 5.50. The summed E-state index contributed by atoms with van der Waals surface area (Å²) < 4.78 is 5.54. The largest absolute Gasteiger partial charge is 0.393 e. The van der Waals surface area contributed by atoms with Gasteiger partial charge in [-0.2, -0.15) is 0 Å². The van der Waals surface area contributed by atoms with Crippen molar-refractivity contribution >= 4 is 10.8 Å². The molecule has 1 aliphatic rings. The Hall–Kier alpha value is -1.38. The van der Waals surface area contributed by atoms with Crippen LogP contribution in [0, 0.1) is 0 Å². The number of rotatable bonds is 2. The number of aliphatic hydroxyl groups is 1. The van der Waals surface area contributed by atoms with E-state index in [0.717, 1.165) is 5.56 Å². The van der Waals surface area contributed by atoms with Gasteiger partial charge in [0.25, 0.3) is 0 Å². The molecule has 0 aliphatic carbocycles. The third-order valence-corrected chi connectivity index (χ3v) is 3.27. The Labute approximate surface area is 94.5 Å². The molecule has 1 heterocycles. The fraction of sp³-hybridized carbons (Fsp3) is 0.286. The molecule has 1 N–H and O–H groups in total. The zero-order chi connectivity index (χ0) is 11.2. The molecule has 1 fully saturated rings. The van der Waals surface area contributed by atoms with Gasteiger partial charge in [0, 0.05) is 0 Å². The maximum Gasteiger partial charge on any atom is 0.120 e. The number of ether oxygens (including phenoxy) is 1. The van der Waals surface area contributed by atoms with Crippen LogP contribution in [0.5, 0.6) is 0 Å². The Balaban J connectivity index is 2.01. The van der Waals surface area contributed by atoms with Gasteiger partial charge in [0.05, 0.1) is 6.61 Å². The van der Waals surface area contributed by atoms with Crippen LogP contribution in [-0.4, -0.2) is 17.3 Å². The van der Waals surface area contributed by atoms with Crippen molar-refractivity contribution in [1.29, 1.82) is 0 Å². The van der Waals surface area contributed by atoms with Crippen molar-refractivity contribution < 1.29 is 9.84 Å². The summed E-state index contributed by atoms with van der Waals surface area (Å²) in [7, 11) is 0. The van der Waals surface area contributed by atoms with Crippen molar-refractivity contribution in [2.75, 3.05) is 6.61 Å². The van der Waals surface area contributed by atoms with Gasteiger partial charge >= 0.3 is 0 Å². The van der Waals surface area contributed by atoms with Crippen molar-refractivity contribution in [3.63, 3.8) is 0 Å². The third kappa shape index (κ3) is 1.42. The Morgan fingerprint density at radius 1 is 1.19 bits per heavy atom. The molecule has 1 aliphatic heterocycles. The van der Waals surface area contributed by atoms with E-state index in [9.17, 15) is 5.11 Å². The van der Waals surface area contributed by atoms with Crippen LogP contribution in [0.4, 0.5) is 0 Å². The van der Waals surface area contributed by atoms with Gasteiger partial charge < -0.3 is 9.84 Å². The molecule has 82 valence electrons. The van der Waals surface area contributed by atoms with E-state index in [0.29, 0.717) is 0 Å². The van der Waals surface area contributed by atoms with Gasteiger partial charge in [0.2, 0.25) is 0 Å². The van der Waals surface area contributed by atoms with E-state index >= 15 is 0 Å². The highest BCUT2D eigenvalue weighted by molar-refractivity contribution is 5.83. The molecule has 0 amide bonds. The van der Waals surface area contributed by atoms with E-state index in [-0.39, 0.29) is 18.3 Å². The number of fused-ring (bicyclic) bond motifs is 1. The highest BCUT2D eigenvalue weighted by Crippen LogP contribution is 2.49. The summed E-state index contributed by atoms with van der Waals surface area (Å²) in [6.45, 7) is 2.01. The summed E-state index contributed by atoms with van der Waals surface area (Å²) in [5.74, 6) is 0. The predicted octanol–water partition coefficient (Wildman–Crippen LogP) is 2.66. The molecule has 2 heteroatoms. The molecule has 2 aromatic rings. The first kappa shape index (κ1) is 9.82. The Kier molecular flexibility index (Phi) is 2.03. The van der Waals surface area contributed by atoms with Gasteiger partial charge in [-0.05, 0) is 29.3 Å². The van der Waals surface area contributed by atoms with Crippen LogP contribution < -0.4 is 0 Å². The molecule has 0 bridgehead atoms. The van der Waals surface area contributed by atoms with Crippen molar-refractivity contribution in [3.05, 3.63) is 48.0 Å². The number of epoxide rings is 1. The second kappa shape index (κ2) is 3.30. The molecular weight excluding hydrogens is 200 g/mol. The fourth-order valence-corrected chi connectivity index (χ4v) is 2.15. The first-order chi connectivity index (χ1) is 7.73. The van der Waals surface area contributed by atoms with E-state index in [4.69, 9.17) is 4.74 Å². The highest BCUT2D eigenvalue weighted by atomic mass is 16.6. The van der Waals surface area contributed by atoms with Crippen LogP contribution in [0.1, 0.15) is 18.6 Å². The monoisotopic (exact) mass is 214 g/mol. The third-order valence-electron chi connectivity index (χ3n) is 3.27. The summed E-state index contributed by atoms with van der Waals surface area (Å²) >= 11 is 0. The molecule has 0 unspecified atom stereocenters. The van der Waals surface area contributed by atoms with Gasteiger partial charge in [-0.15, -0.1) is 0 Å². The van der Waals surface area contributed by atoms with Gasteiger partial charge in [0.15, 0.2) is 0 Å². The van der Waals surface area contributed by atoms with Crippen LogP contribution in [0.15, 0.2) is 42.5 Å². The van der Waals surface area contributed by atoms with Crippen LogP contribution in [-0.2, 0) is 4.74 Å². The minimum Gasteiger partial charge on any atom is -0.393 e. The Bertz CT molecular complexity index is 535. The normalized spacial score (nSPS) is 28.2. The minimum absolute atomic E-state index is 0.0436. The molecule has 1 saturated heterocycles. The number of benzene rings is 2. The highest BCUT2D eigenvalue weighted by Gasteiger charge is 2.52. The van der Waals surface area contributed by atoms with Crippen LogP contribution in [0.3, 0.4) is 0 Å². The summed E-state index contributed by atoms with van der Waals surface area (Å²) in [6.07, 6.45) is 0.0436. The Morgan fingerprint density at radius 2 is 1.94 bits per heavy atom. The van der Waals surface area contributed by atoms with Crippen molar-refractivity contribution in [1.82, 2.24) is 0 Å². The molecule has 0 radical (unpaired) electrons. The van der Waals surface area contributed by atoms with E-state index in [2.05, 4.69) is 30.3 Å². The van der Waals surface area contributed by atoms with Crippen LogP contribution in [0.2, 0.25) is 0 Å². The lowest BCUT2D eigenvalue weighted by molar-refractivity contribution is 0.184. The number of aliphatic hydroxyl groups excluding tert-OH is 1.